The monoisotopic (exact) mass is 350 g/mol. The molecule has 0 radical (unpaired) electrons. The Labute approximate surface area is 151 Å². The number of thiophene rings is 1. The van der Waals surface area contributed by atoms with Crippen molar-refractivity contribution >= 4 is 17.3 Å². The van der Waals surface area contributed by atoms with Crippen LogP contribution in [0.3, 0.4) is 0 Å². The smallest absolute Gasteiger partial charge is 0.190 e. The molecule has 2 rings (SSSR count). The Morgan fingerprint density at radius 2 is 2.21 bits per heavy atom. The minimum atomic E-state index is 0.536. The summed E-state index contributed by atoms with van der Waals surface area (Å²) in [5.41, 5.74) is 0. The van der Waals surface area contributed by atoms with Crippen LogP contribution in [-0.2, 0) is 0 Å². The summed E-state index contributed by atoms with van der Waals surface area (Å²) in [5.74, 6) is 1.59. The summed E-state index contributed by atoms with van der Waals surface area (Å²) in [6, 6.07) is 4.99. The summed E-state index contributed by atoms with van der Waals surface area (Å²) in [6.45, 7) is 5.45. The third kappa shape index (κ3) is 5.78. The van der Waals surface area contributed by atoms with Crippen molar-refractivity contribution in [3.05, 3.63) is 22.4 Å². The molecule has 24 heavy (non-hydrogen) atoms. The highest BCUT2D eigenvalue weighted by Crippen LogP contribution is 2.36. The number of hydrogen-bond acceptors (Lipinski definition) is 3. The van der Waals surface area contributed by atoms with Crippen LogP contribution in [0.1, 0.15) is 56.4 Å². The zero-order chi connectivity index (χ0) is 17.2. The molecule has 0 spiro atoms. The van der Waals surface area contributed by atoms with E-state index in [0.29, 0.717) is 12.0 Å². The van der Waals surface area contributed by atoms with Crippen molar-refractivity contribution < 1.29 is 0 Å². The van der Waals surface area contributed by atoms with Crippen molar-refractivity contribution in [3.8, 4) is 0 Å². The normalized spacial score (nSPS) is 22.5. The topological polar surface area (TPSA) is 39.7 Å². The van der Waals surface area contributed by atoms with Gasteiger partial charge in [-0.15, -0.1) is 11.3 Å². The van der Waals surface area contributed by atoms with Crippen LogP contribution in [0.2, 0.25) is 0 Å². The molecule has 4 nitrogen and oxygen atoms in total. The minimum Gasteiger partial charge on any atom is -0.356 e. The van der Waals surface area contributed by atoms with Crippen LogP contribution in [0.15, 0.2) is 22.5 Å². The second-order valence-corrected chi connectivity index (χ2v) is 7.76. The van der Waals surface area contributed by atoms with Gasteiger partial charge in [0, 0.05) is 31.1 Å². The van der Waals surface area contributed by atoms with Gasteiger partial charge in [-0.25, -0.2) is 0 Å². The lowest BCUT2D eigenvalue weighted by Gasteiger charge is -2.39. The van der Waals surface area contributed by atoms with Gasteiger partial charge in [0.15, 0.2) is 5.96 Å². The highest BCUT2D eigenvalue weighted by atomic mass is 32.1. The molecule has 1 saturated heterocycles. The molecule has 1 aromatic heterocycles. The average Bonchev–Trinajstić information content (AvgIpc) is 3.11. The quantitative estimate of drug-likeness (QED) is 0.425. The molecule has 1 aromatic rings. The maximum Gasteiger partial charge on any atom is 0.190 e. The van der Waals surface area contributed by atoms with Crippen molar-refractivity contribution in [3.63, 3.8) is 0 Å². The van der Waals surface area contributed by atoms with Gasteiger partial charge in [0.1, 0.15) is 0 Å². The number of likely N-dealkylation sites (tertiary alicyclic amines) is 1. The van der Waals surface area contributed by atoms with E-state index in [1.54, 1.807) is 0 Å². The van der Waals surface area contributed by atoms with Gasteiger partial charge in [0.2, 0.25) is 0 Å². The lowest BCUT2D eigenvalue weighted by Crippen LogP contribution is -2.45. The molecule has 0 amide bonds. The first-order valence-electron chi connectivity index (χ1n) is 9.44. The molecule has 2 heterocycles. The van der Waals surface area contributed by atoms with Crippen molar-refractivity contribution in [1.82, 2.24) is 15.5 Å². The fourth-order valence-corrected chi connectivity index (χ4v) is 4.57. The molecule has 1 aliphatic rings. The molecule has 2 N–H and O–H groups in total. The summed E-state index contributed by atoms with van der Waals surface area (Å²) < 4.78 is 0. The number of nitrogens with one attached hydrogen (secondary N) is 2. The van der Waals surface area contributed by atoms with E-state index < -0.39 is 0 Å². The van der Waals surface area contributed by atoms with Gasteiger partial charge in [0.25, 0.3) is 0 Å². The fourth-order valence-electron chi connectivity index (χ4n) is 3.59. The van der Waals surface area contributed by atoms with E-state index in [1.807, 2.05) is 18.4 Å². The van der Waals surface area contributed by atoms with Crippen LogP contribution in [0.25, 0.3) is 0 Å². The molecule has 136 valence electrons. The van der Waals surface area contributed by atoms with Gasteiger partial charge in [-0.2, -0.15) is 0 Å². The molecular formula is C19H34N4S. The number of aliphatic imine (C=N–C) groups is 1. The van der Waals surface area contributed by atoms with E-state index in [4.69, 9.17) is 0 Å². The second kappa shape index (κ2) is 10.7. The SMILES string of the molecule is CCCCCCNC(=NC)NCC1CCCN(C)C1c1cccs1. The molecule has 1 fully saturated rings. The molecule has 0 saturated carbocycles. The zero-order valence-electron chi connectivity index (χ0n) is 15.6. The maximum atomic E-state index is 4.38. The summed E-state index contributed by atoms with van der Waals surface area (Å²) in [7, 11) is 4.13. The standard InChI is InChI=1S/C19H34N4S/c1-4-5-6-7-12-21-19(20-2)22-15-16-10-8-13-23(3)18(16)17-11-9-14-24-17/h9,11,14,16,18H,4-8,10,12-13,15H2,1-3H3,(H2,20,21,22). The van der Waals surface area contributed by atoms with Crippen molar-refractivity contribution in [2.24, 2.45) is 10.9 Å². The second-order valence-electron chi connectivity index (χ2n) is 6.78. The summed E-state index contributed by atoms with van der Waals surface area (Å²) in [5, 5.41) is 9.21. The number of unbranched alkanes of at least 4 members (excludes halogenated alkanes) is 3. The average molecular weight is 351 g/mol. The molecule has 5 heteroatoms. The lowest BCUT2D eigenvalue weighted by molar-refractivity contribution is 0.125. The zero-order valence-corrected chi connectivity index (χ0v) is 16.4. The maximum absolute atomic E-state index is 4.38. The van der Waals surface area contributed by atoms with E-state index in [0.717, 1.165) is 19.0 Å². The Morgan fingerprint density at radius 3 is 2.92 bits per heavy atom. The molecule has 0 bridgehead atoms. The predicted molar refractivity (Wildman–Crippen MR) is 106 cm³/mol. The molecule has 0 aliphatic carbocycles. The number of hydrogen-bond donors (Lipinski definition) is 2. The van der Waals surface area contributed by atoms with Gasteiger partial charge in [-0.05, 0) is 50.2 Å². The summed E-state index contributed by atoms with van der Waals surface area (Å²) in [6.07, 6.45) is 7.70. The third-order valence-corrected chi connectivity index (χ3v) is 5.86. The van der Waals surface area contributed by atoms with Crippen molar-refractivity contribution in [1.29, 1.82) is 0 Å². The summed E-state index contributed by atoms with van der Waals surface area (Å²) in [4.78, 5) is 8.39. The fraction of sp³-hybridized carbons (Fsp3) is 0.737. The Bertz CT molecular complexity index is 472. The number of rotatable bonds is 8. The largest absolute Gasteiger partial charge is 0.356 e. The molecule has 2 unspecified atom stereocenters. The van der Waals surface area contributed by atoms with E-state index in [9.17, 15) is 0 Å². The lowest BCUT2D eigenvalue weighted by atomic mass is 9.88. The van der Waals surface area contributed by atoms with Crippen LogP contribution >= 0.6 is 11.3 Å². The van der Waals surface area contributed by atoms with Crippen molar-refractivity contribution in [2.75, 3.05) is 33.7 Å². The first kappa shape index (κ1) is 19.3. The third-order valence-electron chi connectivity index (χ3n) is 4.92. The van der Waals surface area contributed by atoms with Crippen LogP contribution in [-0.4, -0.2) is 44.6 Å². The number of guanidine groups is 1. The van der Waals surface area contributed by atoms with Gasteiger partial charge in [-0.1, -0.05) is 32.3 Å². The van der Waals surface area contributed by atoms with Gasteiger partial charge in [-0.3, -0.25) is 9.89 Å². The minimum absolute atomic E-state index is 0.536. The Morgan fingerprint density at radius 1 is 1.33 bits per heavy atom. The highest BCUT2D eigenvalue weighted by molar-refractivity contribution is 7.10. The van der Waals surface area contributed by atoms with Crippen molar-refractivity contribution in [2.45, 2.75) is 51.5 Å². The van der Waals surface area contributed by atoms with Gasteiger partial charge in [0.05, 0.1) is 0 Å². The van der Waals surface area contributed by atoms with Gasteiger partial charge < -0.3 is 10.6 Å². The molecular weight excluding hydrogens is 316 g/mol. The highest BCUT2D eigenvalue weighted by Gasteiger charge is 2.31. The number of piperidine rings is 1. The Hall–Kier alpha value is -1.07. The predicted octanol–water partition coefficient (Wildman–Crippen LogP) is 3.88. The van der Waals surface area contributed by atoms with Gasteiger partial charge >= 0.3 is 0 Å². The van der Waals surface area contributed by atoms with E-state index in [-0.39, 0.29) is 0 Å². The first-order chi connectivity index (χ1) is 11.8. The Kier molecular flexibility index (Phi) is 8.60. The van der Waals surface area contributed by atoms with E-state index >= 15 is 0 Å². The van der Waals surface area contributed by atoms with Crippen LogP contribution in [0, 0.1) is 5.92 Å². The molecule has 2 atom stereocenters. The Balaban J connectivity index is 1.81. The first-order valence-corrected chi connectivity index (χ1v) is 10.3. The number of nitrogens with zero attached hydrogens (tertiary/aromatic N) is 2. The van der Waals surface area contributed by atoms with E-state index in [1.165, 1.54) is 49.9 Å². The summed E-state index contributed by atoms with van der Waals surface area (Å²) >= 11 is 1.88. The molecule has 0 aromatic carbocycles. The van der Waals surface area contributed by atoms with Crippen LogP contribution < -0.4 is 10.6 Å². The molecule has 1 aliphatic heterocycles. The van der Waals surface area contributed by atoms with Crippen LogP contribution in [0.5, 0.6) is 0 Å². The van der Waals surface area contributed by atoms with E-state index in [2.05, 4.69) is 52.0 Å². The van der Waals surface area contributed by atoms with Crippen LogP contribution in [0.4, 0.5) is 0 Å².